The molecule has 2 heterocycles. The first kappa shape index (κ1) is 23.7. The highest BCUT2D eigenvalue weighted by Gasteiger charge is 2.15. The summed E-state index contributed by atoms with van der Waals surface area (Å²) in [5.74, 6) is -0.790. The molecule has 0 radical (unpaired) electrons. The fourth-order valence-corrected chi connectivity index (χ4v) is 4.30. The lowest BCUT2D eigenvalue weighted by Crippen LogP contribution is -2.26. The number of hydrogen-bond acceptors (Lipinski definition) is 5. The molecule has 0 fully saturated rings. The normalized spacial score (nSPS) is 11.0. The second-order valence-electron chi connectivity index (χ2n) is 7.85. The van der Waals surface area contributed by atoms with E-state index in [2.05, 4.69) is 20.2 Å². The summed E-state index contributed by atoms with van der Waals surface area (Å²) >= 11 is 1.42. The van der Waals surface area contributed by atoms with Crippen molar-refractivity contribution in [3.05, 3.63) is 117 Å². The van der Waals surface area contributed by atoms with Gasteiger partial charge in [0.05, 0.1) is 6.54 Å². The topological polar surface area (TPSA) is 58.1 Å². The Morgan fingerprint density at radius 1 is 0.882 bits per heavy atom. The van der Waals surface area contributed by atoms with Gasteiger partial charge < -0.3 is 5.32 Å². The van der Waals surface area contributed by atoms with Crippen molar-refractivity contribution in [2.24, 2.45) is 0 Å². The second kappa shape index (κ2) is 11.6. The van der Waals surface area contributed by atoms with Gasteiger partial charge in [-0.1, -0.05) is 30.3 Å². The highest BCUT2D eigenvalue weighted by atomic mass is 32.1. The SMILES string of the molecule is O=C(NCCc1ccccn1)c1csc(CN(Cc2ccc(F)cc2)Cc2ccc(F)cc2)n1. The first-order chi connectivity index (χ1) is 16.5. The molecule has 5 nitrogen and oxygen atoms in total. The van der Waals surface area contributed by atoms with Gasteiger partial charge in [0.2, 0.25) is 0 Å². The number of carbonyl (C=O) groups excluding carboxylic acids is 1. The van der Waals surface area contributed by atoms with Gasteiger partial charge in [0.1, 0.15) is 22.3 Å². The van der Waals surface area contributed by atoms with E-state index in [1.165, 1.54) is 35.6 Å². The summed E-state index contributed by atoms with van der Waals surface area (Å²) in [7, 11) is 0. The number of hydrogen-bond donors (Lipinski definition) is 1. The zero-order valence-electron chi connectivity index (χ0n) is 18.5. The van der Waals surface area contributed by atoms with E-state index in [-0.39, 0.29) is 17.5 Å². The van der Waals surface area contributed by atoms with E-state index in [0.717, 1.165) is 21.8 Å². The summed E-state index contributed by atoms with van der Waals surface area (Å²) in [4.78, 5) is 23.4. The monoisotopic (exact) mass is 478 g/mol. The molecule has 0 unspecified atom stereocenters. The van der Waals surface area contributed by atoms with Gasteiger partial charge in [0.15, 0.2) is 0 Å². The third kappa shape index (κ3) is 7.00. The molecule has 1 amide bonds. The molecule has 0 bridgehead atoms. The van der Waals surface area contributed by atoms with E-state index >= 15 is 0 Å². The number of carbonyl (C=O) groups is 1. The molecule has 4 rings (SSSR count). The molecule has 0 aliphatic carbocycles. The fourth-order valence-electron chi connectivity index (χ4n) is 3.48. The summed E-state index contributed by atoms with van der Waals surface area (Å²) in [5.41, 5.74) is 3.20. The third-order valence-electron chi connectivity index (χ3n) is 5.17. The smallest absolute Gasteiger partial charge is 0.270 e. The predicted octanol–water partition coefficient (Wildman–Crippen LogP) is 4.99. The minimum absolute atomic E-state index is 0.220. The molecule has 0 spiro atoms. The predicted molar refractivity (Wildman–Crippen MR) is 128 cm³/mol. The van der Waals surface area contributed by atoms with E-state index in [4.69, 9.17) is 0 Å². The van der Waals surface area contributed by atoms with Gasteiger partial charge in [-0.25, -0.2) is 13.8 Å². The van der Waals surface area contributed by atoms with Crippen molar-refractivity contribution < 1.29 is 13.6 Å². The highest BCUT2D eigenvalue weighted by Crippen LogP contribution is 2.18. The molecule has 2 aromatic heterocycles. The number of pyridine rings is 1. The Morgan fingerprint density at radius 2 is 1.53 bits per heavy atom. The molecule has 4 aromatic rings. The summed E-state index contributed by atoms with van der Waals surface area (Å²) in [6.07, 6.45) is 2.38. The van der Waals surface area contributed by atoms with Gasteiger partial charge in [0.25, 0.3) is 5.91 Å². The van der Waals surface area contributed by atoms with Crippen LogP contribution in [0.15, 0.2) is 78.3 Å². The number of rotatable bonds is 10. The molecule has 1 N–H and O–H groups in total. The fraction of sp³-hybridized carbons (Fsp3) is 0.192. The first-order valence-corrected chi connectivity index (χ1v) is 11.8. The maximum absolute atomic E-state index is 13.3. The summed E-state index contributed by atoms with van der Waals surface area (Å²) in [6.45, 7) is 2.09. The molecule has 0 aliphatic heterocycles. The molecular weight excluding hydrogens is 454 g/mol. The Bertz CT molecular complexity index is 1150. The molecule has 8 heteroatoms. The Balaban J connectivity index is 1.39. The number of benzene rings is 2. The van der Waals surface area contributed by atoms with Crippen LogP contribution in [-0.4, -0.2) is 27.3 Å². The Kier molecular flexibility index (Phi) is 8.06. The highest BCUT2D eigenvalue weighted by molar-refractivity contribution is 7.09. The lowest BCUT2D eigenvalue weighted by atomic mass is 10.1. The zero-order valence-corrected chi connectivity index (χ0v) is 19.3. The first-order valence-electron chi connectivity index (χ1n) is 10.9. The number of amides is 1. The standard InChI is InChI=1S/C26H24F2N4OS/c27-21-8-4-19(5-9-21)15-32(16-20-6-10-22(28)11-7-20)17-25-31-24(18-34-25)26(33)30-14-12-23-3-1-2-13-29-23/h1-11,13,18H,12,14-17H2,(H,30,33). The van der Waals surface area contributed by atoms with Gasteiger partial charge in [-0.3, -0.25) is 14.7 Å². The summed E-state index contributed by atoms with van der Waals surface area (Å²) in [6, 6.07) is 18.4. The number of aromatic nitrogens is 2. The van der Waals surface area contributed by atoms with Crippen LogP contribution in [-0.2, 0) is 26.1 Å². The average Bonchev–Trinajstić information content (AvgIpc) is 3.31. The number of halogens is 2. The third-order valence-corrected chi connectivity index (χ3v) is 6.01. The van der Waals surface area contributed by atoms with Gasteiger partial charge in [-0.05, 0) is 47.5 Å². The van der Waals surface area contributed by atoms with Crippen LogP contribution in [0.2, 0.25) is 0 Å². The molecule has 0 atom stereocenters. The Labute approximate surface area is 201 Å². The number of nitrogens with one attached hydrogen (secondary N) is 1. The Hall–Kier alpha value is -3.49. The minimum atomic E-state index is -0.285. The largest absolute Gasteiger partial charge is 0.350 e. The van der Waals surface area contributed by atoms with Gasteiger partial charge in [0, 0.05) is 43.3 Å². The molecule has 0 aliphatic rings. The number of thiazole rings is 1. The van der Waals surface area contributed by atoms with E-state index in [9.17, 15) is 13.6 Å². The van der Waals surface area contributed by atoms with Crippen LogP contribution in [0.4, 0.5) is 8.78 Å². The quantitative estimate of drug-likeness (QED) is 0.349. The van der Waals surface area contributed by atoms with Crippen molar-refractivity contribution >= 4 is 17.2 Å². The maximum atomic E-state index is 13.3. The van der Waals surface area contributed by atoms with E-state index in [1.54, 1.807) is 35.8 Å². The van der Waals surface area contributed by atoms with Crippen molar-refractivity contribution in [2.75, 3.05) is 6.54 Å². The van der Waals surface area contributed by atoms with Crippen molar-refractivity contribution in [3.8, 4) is 0 Å². The van der Waals surface area contributed by atoms with Crippen LogP contribution in [0.5, 0.6) is 0 Å². The molecular formula is C26H24F2N4OS. The van der Waals surface area contributed by atoms with Crippen molar-refractivity contribution in [2.45, 2.75) is 26.1 Å². The molecule has 2 aromatic carbocycles. The second-order valence-corrected chi connectivity index (χ2v) is 8.79. The van der Waals surface area contributed by atoms with E-state index in [1.807, 2.05) is 18.2 Å². The van der Waals surface area contributed by atoms with Crippen LogP contribution >= 0.6 is 11.3 Å². The van der Waals surface area contributed by atoms with E-state index < -0.39 is 0 Å². The van der Waals surface area contributed by atoms with Crippen molar-refractivity contribution in [1.29, 1.82) is 0 Å². The van der Waals surface area contributed by atoms with Crippen LogP contribution in [0.1, 0.15) is 32.3 Å². The number of nitrogens with zero attached hydrogens (tertiary/aromatic N) is 3. The molecule has 0 saturated heterocycles. The van der Waals surface area contributed by atoms with Crippen LogP contribution in [0, 0.1) is 11.6 Å². The Morgan fingerprint density at radius 3 is 2.12 bits per heavy atom. The molecule has 0 saturated carbocycles. The van der Waals surface area contributed by atoms with Gasteiger partial charge in [-0.15, -0.1) is 11.3 Å². The van der Waals surface area contributed by atoms with Crippen LogP contribution in [0.3, 0.4) is 0 Å². The summed E-state index contributed by atoms with van der Waals surface area (Å²) in [5, 5.41) is 5.43. The molecule has 34 heavy (non-hydrogen) atoms. The van der Waals surface area contributed by atoms with Crippen molar-refractivity contribution in [1.82, 2.24) is 20.2 Å². The zero-order chi connectivity index (χ0) is 23.8. The van der Waals surface area contributed by atoms with E-state index in [0.29, 0.717) is 38.3 Å². The van der Waals surface area contributed by atoms with Gasteiger partial charge >= 0.3 is 0 Å². The average molecular weight is 479 g/mol. The van der Waals surface area contributed by atoms with Crippen molar-refractivity contribution in [3.63, 3.8) is 0 Å². The van der Waals surface area contributed by atoms with Crippen LogP contribution in [0.25, 0.3) is 0 Å². The minimum Gasteiger partial charge on any atom is -0.350 e. The van der Waals surface area contributed by atoms with Crippen LogP contribution < -0.4 is 5.32 Å². The summed E-state index contributed by atoms with van der Waals surface area (Å²) < 4.78 is 26.6. The lowest BCUT2D eigenvalue weighted by molar-refractivity contribution is 0.0949. The lowest BCUT2D eigenvalue weighted by Gasteiger charge is -2.21. The maximum Gasteiger partial charge on any atom is 0.270 e. The molecule has 174 valence electrons. The van der Waals surface area contributed by atoms with Gasteiger partial charge in [-0.2, -0.15) is 0 Å².